The van der Waals surface area contributed by atoms with Gasteiger partial charge < -0.3 is 9.84 Å². The first-order valence-corrected chi connectivity index (χ1v) is 5.02. The summed E-state index contributed by atoms with van der Waals surface area (Å²) in [6, 6.07) is 16.5. The van der Waals surface area contributed by atoms with Crippen LogP contribution in [-0.2, 0) is 0 Å². The van der Waals surface area contributed by atoms with Gasteiger partial charge in [0.1, 0.15) is 11.5 Å². The van der Waals surface area contributed by atoms with Crippen LogP contribution >= 0.6 is 0 Å². The average molecular weight is 212 g/mol. The first kappa shape index (κ1) is 10.3. The Labute approximate surface area is 94.4 Å². The lowest BCUT2D eigenvalue weighted by Gasteiger charge is -1.99. The lowest BCUT2D eigenvalue weighted by Crippen LogP contribution is -1.80. The molecule has 16 heavy (non-hydrogen) atoms. The molecule has 0 amide bonds. The van der Waals surface area contributed by atoms with Gasteiger partial charge in [0.25, 0.3) is 0 Å². The Morgan fingerprint density at radius 3 is 2.25 bits per heavy atom. The maximum atomic E-state index is 9.09. The van der Waals surface area contributed by atoms with E-state index in [-0.39, 0.29) is 5.75 Å². The van der Waals surface area contributed by atoms with E-state index in [1.54, 1.807) is 30.5 Å². The van der Waals surface area contributed by atoms with Crippen LogP contribution in [0.15, 0.2) is 60.9 Å². The highest BCUT2D eigenvalue weighted by atomic mass is 16.5. The predicted octanol–water partition coefficient (Wildman–Crippen LogP) is 3.44. The molecule has 0 heterocycles. The zero-order valence-electron chi connectivity index (χ0n) is 8.71. The molecule has 2 rings (SSSR count). The molecule has 0 aliphatic heterocycles. The molecule has 0 atom stereocenters. The molecule has 2 nitrogen and oxygen atoms in total. The molecule has 1 N–H and O–H groups in total. The van der Waals surface area contributed by atoms with Crippen LogP contribution in [0, 0.1) is 0 Å². The van der Waals surface area contributed by atoms with E-state index in [1.165, 1.54) is 0 Å². The van der Waals surface area contributed by atoms with Crippen molar-refractivity contribution in [1.29, 1.82) is 0 Å². The summed E-state index contributed by atoms with van der Waals surface area (Å²) in [4.78, 5) is 0. The van der Waals surface area contributed by atoms with E-state index in [9.17, 15) is 0 Å². The molecule has 2 aromatic rings. The van der Waals surface area contributed by atoms with Crippen molar-refractivity contribution in [2.45, 2.75) is 0 Å². The molecule has 0 aromatic heterocycles. The summed E-state index contributed by atoms with van der Waals surface area (Å²) in [5.41, 5.74) is 1.08. The number of phenolic OH excluding ortho intramolecular Hbond substituents is 1. The largest absolute Gasteiger partial charge is 0.508 e. The third-order valence-corrected chi connectivity index (χ3v) is 2.10. The van der Waals surface area contributed by atoms with Crippen molar-refractivity contribution < 1.29 is 9.84 Å². The van der Waals surface area contributed by atoms with E-state index in [1.807, 2.05) is 36.4 Å². The van der Waals surface area contributed by atoms with Gasteiger partial charge in [-0.3, -0.25) is 0 Å². The minimum Gasteiger partial charge on any atom is -0.508 e. The summed E-state index contributed by atoms with van der Waals surface area (Å²) in [6.07, 6.45) is 3.51. The Morgan fingerprint density at radius 1 is 0.875 bits per heavy atom. The summed E-state index contributed by atoms with van der Waals surface area (Å²) in [5, 5.41) is 9.09. The first-order valence-electron chi connectivity index (χ1n) is 5.02. The van der Waals surface area contributed by atoms with Crippen LogP contribution in [0.25, 0.3) is 6.08 Å². The fourth-order valence-corrected chi connectivity index (χ4v) is 1.28. The minimum absolute atomic E-state index is 0.236. The summed E-state index contributed by atoms with van der Waals surface area (Å²) in [7, 11) is 0. The Kier molecular flexibility index (Phi) is 3.24. The Bertz CT molecular complexity index is 458. The average Bonchev–Trinajstić information content (AvgIpc) is 2.33. The highest BCUT2D eigenvalue weighted by Gasteiger charge is 1.90. The molecular formula is C14H12O2. The van der Waals surface area contributed by atoms with Gasteiger partial charge in [-0.25, -0.2) is 0 Å². The van der Waals surface area contributed by atoms with Crippen molar-refractivity contribution in [3.63, 3.8) is 0 Å². The molecule has 80 valence electrons. The molecule has 0 aliphatic rings. The quantitative estimate of drug-likeness (QED) is 0.790. The van der Waals surface area contributed by atoms with E-state index in [0.29, 0.717) is 5.75 Å². The number of benzene rings is 2. The molecule has 0 unspecified atom stereocenters. The molecular weight excluding hydrogens is 200 g/mol. The highest BCUT2D eigenvalue weighted by Crippen LogP contribution is 2.16. The summed E-state index contributed by atoms with van der Waals surface area (Å²) in [6.45, 7) is 0. The van der Waals surface area contributed by atoms with Crippen LogP contribution in [0.3, 0.4) is 0 Å². The molecule has 0 aliphatic carbocycles. The standard InChI is InChI=1S/C14H12O2/c15-13-6-8-14(9-7-13)16-11-10-12-4-2-1-3-5-12/h1-11,15H/b11-10+. The van der Waals surface area contributed by atoms with Gasteiger partial charge in [-0.1, -0.05) is 30.3 Å². The van der Waals surface area contributed by atoms with Crippen molar-refractivity contribution in [1.82, 2.24) is 0 Å². The van der Waals surface area contributed by atoms with Crippen LogP contribution in [0.4, 0.5) is 0 Å². The molecule has 2 heteroatoms. The van der Waals surface area contributed by atoms with Gasteiger partial charge in [-0.05, 0) is 35.9 Å². The Hall–Kier alpha value is -2.22. The van der Waals surface area contributed by atoms with E-state index >= 15 is 0 Å². The molecule has 0 fully saturated rings. The zero-order chi connectivity index (χ0) is 11.2. The third-order valence-electron chi connectivity index (χ3n) is 2.10. The van der Waals surface area contributed by atoms with Crippen LogP contribution in [0.5, 0.6) is 11.5 Å². The zero-order valence-corrected chi connectivity index (χ0v) is 8.71. The summed E-state index contributed by atoms with van der Waals surface area (Å²) < 4.78 is 5.37. The Morgan fingerprint density at radius 2 is 1.56 bits per heavy atom. The van der Waals surface area contributed by atoms with E-state index in [0.717, 1.165) is 5.56 Å². The smallest absolute Gasteiger partial charge is 0.126 e. The molecule has 0 bridgehead atoms. The van der Waals surface area contributed by atoms with Gasteiger partial charge >= 0.3 is 0 Å². The van der Waals surface area contributed by atoms with Crippen molar-refractivity contribution in [3.8, 4) is 11.5 Å². The SMILES string of the molecule is Oc1ccc(O/C=C/c2ccccc2)cc1. The van der Waals surface area contributed by atoms with E-state index in [4.69, 9.17) is 9.84 Å². The van der Waals surface area contributed by atoms with E-state index in [2.05, 4.69) is 0 Å². The molecule has 0 radical (unpaired) electrons. The van der Waals surface area contributed by atoms with Crippen molar-refractivity contribution >= 4 is 6.08 Å². The van der Waals surface area contributed by atoms with Crippen LogP contribution in [0.1, 0.15) is 5.56 Å². The molecule has 2 aromatic carbocycles. The first-order chi connectivity index (χ1) is 7.84. The normalized spacial score (nSPS) is 10.5. The topological polar surface area (TPSA) is 29.5 Å². The van der Waals surface area contributed by atoms with Gasteiger partial charge in [-0.2, -0.15) is 0 Å². The van der Waals surface area contributed by atoms with Crippen molar-refractivity contribution in [2.75, 3.05) is 0 Å². The van der Waals surface area contributed by atoms with Gasteiger partial charge in [0.2, 0.25) is 0 Å². The third kappa shape index (κ3) is 2.89. The van der Waals surface area contributed by atoms with E-state index < -0.39 is 0 Å². The minimum atomic E-state index is 0.236. The number of hydrogen-bond donors (Lipinski definition) is 1. The van der Waals surface area contributed by atoms with Crippen LogP contribution < -0.4 is 4.74 Å². The second kappa shape index (κ2) is 5.03. The summed E-state index contributed by atoms with van der Waals surface area (Å²) in [5.74, 6) is 0.935. The monoisotopic (exact) mass is 212 g/mol. The maximum Gasteiger partial charge on any atom is 0.126 e. The van der Waals surface area contributed by atoms with Gasteiger partial charge in [0, 0.05) is 0 Å². The Balaban J connectivity index is 1.97. The second-order valence-electron chi connectivity index (χ2n) is 3.33. The molecule has 0 saturated carbocycles. The number of aromatic hydroxyl groups is 1. The van der Waals surface area contributed by atoms with Crippen molar-refractivity contribution in [3.05, 3.63) is 66.4 Å². The molecule has 0 spiro atoms. The van der Waals surface area contributed by atoms with Gasteiger partial charge in [0.05, 0.1) is 6.26 Å². The lowest BCUT2D eigenvalue weighted by atomic mass is 10.2. The highest BCUT2D eigenvalue weighted by molar-refractivity contribution is 5.48. The second-order valence-corrected chi connectivity index (χ2v) is 3.33. The number of phenols is 1. The van der Waals surface area contributed by atoms with Crippen molar-refractivity contribution in [2.24, 2.45) is 0 Å². The maximum absolute atomic E-state index is 9.09. The number of hydrogen-bond acceptors (Lipinski definition) is 2. The molecule has 0 saturated heterocycles. The van der Waals surface area contributed by atoms with Gasteiger partial charge in [-0.15, -0.1) is 0 Å². The number of ether oxygens (including phenoxy) is 1. The van der Waals surface area contributed by atoms with Crippen LogP contribution in [-0.4, -0.2) is 5.11 Å². The fraction of sp³-hybridized carbons (Fsp3) is 0. The predicted molar refractivity (Wildman–Crippen MR) is 64.2 cm³/mol. The van der Waals surface area contributed by atoms with Gasteiger partial charge in [0.15, 0.2) is 0 Å². The fourth-order valence-electron chi connectivity index (χ4n) is 1.28. The van der Waals surface area contributed by atoms with Crippen LogP contribution in [0.2, 0.25) is 0 Å². The summed E-state index contributed by atoms with van der Waals surface area (Å²) >= 11 is 0. The lowest BCUT2D eigenvalue weighted by molar-refractivity contribution is 0.465. The number of rotatable bonds is 3.